The van der Waals surface area contributed by atoms with Crippen LogP contribution in [0, 0.1) is 4.78 Å². The summed E-state index contributed by atoms with van der Waals surface area (Å²) < 4.78 is 71.6. The topological polar surface area (TPSA) is 94.9 Å². The summed E-state index contributed by atoms with van der Waals surface area (Å²) in [5, 5.41) is 11.4. The van der Waals surface area contributed by atoms with E-state index in [1.807, 2.05) is 53.4 Å². The van der Waals surface area contributed by atoms with Crippen LogP contribution in [0.3, 0.4) is 0 Å². The molecule has 0 amide bonds. The molecule has 3 aromatic carbocycles. The molecular formula is C25H24F3N3O4S. The minimum Gasteiger partial charge on any atom is -0.453 e. The Bertz CT molecular complexity index is 1300. The SMILES string of the molecule is N=S(=O)(N[C@@H]1CCC[C@@H](N2c3ccccc3Oc3ccccc32)[C@H]1O)c1ccc(OC(F)(F)F)cc1. The molecule has 11 heteroatoms. The van der Waals surface area contributed by atoms with Gasteiger partial charge in [0.15, 0.2) is 11.5 Å². The summed E-state index contributed by atoms with van der Waals surface area (Å²) in [6.45, 7) is 0. The maximum atomic E-state index is 13.2. The number of fused-ring (bicyclic) bond motifs is 2. The molecular weight excluding hydrogens is 495 g/mol. The van der Waals surface area contributed by atoms with Crippen molar-refractivity contribution in [3.63, 3.8) is 0 Å². The van der Waals surface area contributed by atoms with Crippen LogP contribution in [0.1, 0.15) is 19.3 Å². The summed E-state index contributed by atoms with van der Waals surface area (Å²) in [6.07, 6.45) is -3.99. The predicted octanol–water partition coefficient (Wildman–Crippen LogP) is 5.72. The van der Waals surface area contributed by atoms with Crippen molar-refractivity contribution in [2.45, 2.75) is 48.7 Å². The predicted molar refractivity (Wildman–Crippen MR) is 128 cm³/mol. The number of aliphatic hydroxyl groups excluding tert-OH is 1. The van der Waals surface area contributed by atoms with Crippen LogP contribution >= 0.6 is 0 Å². The Kier molecular flexibility index (Phi) is 6.31. The first kappa shape index (κ1) is 24.4. The Morgan fingerprint density at radius 1 is 0.972 bits per heavy atom. The smallest absolute Gasteiger partial charge is 0.453 e. The van der Waals surface area contributed by atoms with Gasteiger partial charge in [0, 0.05) is 6.04 Å². The molecule has 2 aliphatic rings. The summed E-state index contributed by atoms with van der Waals surface area (Å²) in [5.74, 6) is 0.844. The molecule has 3 N–H and O–H groups in total. The molecule has 190 valence electrons. The lowest BCUT2D eigenvalue weighted by molar-refractivity contribution is -0.274. The average molecular weight is 520 g/mol. The molecule has 1 heterocycles. The van der Waals surface area contributed by atoms with Gasteiger partial charge >= 0.3 is 6.36 Å². The zero-order chi connectivity index (χ0) is 25.5. The Morgan fingerprint density at radius 3 is 2.14 bits per heavy atom. The first-order valence-electron chi connectivity index (χ1n) is 11.4. The standard InChI is InChI=1S/C25H24F3N3O4S/c26-25(27,28)35-16-12-14-17(15-13-16)36(29,33)30-18-6-5-9-21(24(18)32)31-19-7-1-3-10-22(19)34-23-11-4-2-8-20(23)31/h1-4,7-8,10-15,18,21,24,32H,5-6,9H2,(H2,29,30,33)/t18-,21-,24+,36?/m1/s1. The summed E-state index contributed by atoms with van der Waals surface area (Å²) in [6, 6.07) is 18.3. The number of halogens is 3. The minimum atomic E-state index is -4.85. The van der Waals surface area contributed by atoms with Crippen molar-refractivity contribution in [3.8, 4) is 17.2 Å². The molecule has 1 aliphatic heterocycles. The molecule has 36 heavy (non-hydrogen) atoms. The van der Waals surface area contributed by atoms with Gasteiger partial charge in [-0.25, -0.2) is 13.7 Å². The van der Waals surface area contributed by atoms with Crippen molar-refractivity contribution in [1.82, 2.24) is 4.72 Å². The zero-order valence-corrected chi connectivity index (χ0v) is 19.8. The molecule has 3 aromatic rings. The molecule has 4 atom stereocenters. The highest BCUT2D eigenvalue weighted by Crippen LogP contribution is 2.49. The number of nitrogens with one attached hydrogen (secondary N) is 2. The van der Waals surface area contributed by atoms with E-state index < -0.39 is 34.2 Å². The van der Waals surface area contributed by atoms with Crippen molar-refractivity contribution < 1.29 is 32.0 Å². The maximum absolute atomic E-state index is 13.2. The van der Waals surface area contributed by atoms with E-state index >= 15 is 0 Å². The number of para-hydroxylation sites is 4. The van der Waals surface area contributed by atoms with E-state index in [0.29, 0.717) is 30.8 Å². The fourth-order valence-electron chi connectivity index (χ4n) is 4.77. The summed E-state index contributed by atoms with van der Waals surface area (Å²) in [7, 11) is -3.62. The van der Waals surface area contributed by atoms with Crippen LogP contribution in [-0.4, -0.2) is 33.9 Å². The maximum Gasteiger partial charge on any atom is 0.573 e. The number of rotatable bonds is 5. The van der Waals surface area contributed by atoms with Gasteiger partial charge in [-0.2, -0.15) is 0 Å². The van der Waals surface area contributed by atoms with E-state index in [-0.39, 0.29) is 10.9 Å². The van der Waals surface area contributed by atoms with Crippen LogP contribution in [-0.2, 0) is 9.92 Å². The molecule has 1 unspecified atom stereocenters. The van der Waals surface area contributed by atoms with Crippen molar-refractivity contribution in [2.75, 3.05) is 4.90 Å². The van der Waals surface area contributed by atoms with Crippen molar-refractivity contribution in [3.05, 3.63) is 72.8 Å². The average Bonchev–Trinajstić information content (AvgIpc) is 2.83. The Morgan fingerprint density at radius 2 is 1.56 bits per heavy atom. The quantitative estimate of drug-likeness (QED) is 0.401. The number of nitrogens with zero attached hydrogens (tertiary/aromatic N) is 1. The molecule has 0 bridgehead atoms. The van der Waals surface area contributed by atoms with Gasteiger partial charge in [-0.05, 0) is 67.8 Å². The monoisotopic (exact) mass is 519 g/mol. The highest BCUT2D eigenvalue weighted by molar-refractivity contribution is 7.90. The minimum absolute atomic E-state index is 0.00610. The number of benzene rings is 3. The first-order chi connectivity index (χ1) is 17.1. The molecule has 0 spiro atoms. The number of alkyl halides is 3. The highest BCUT2D eigenvalue weighted by atomic mass is 32.2. The van der Waals surface area contributed by atoms with Gasteiger partial charge < -0.3 is 19.5 Å². The number of ether oxygens (including phenoxy) is 2. The normalized spacial score (nSPS) is 23.1. The largest absolute Gasteiger partial charge is 0.573 e. The van der Waals surface area contributed by atoms with Crippen LogP contribution in [0.5, 0.6) is 17.2 Å². The Hall–Kier alpha value is -3.28. The second-order valence-corrected chi connectivity index (χ2v) is 10.5. The molecule has 0 saturated heterocycles. The Labute approximate surface area is 206 Å². The van der Waals surface area contributed by atoms with Gasteiger partial charge in [0.1, 0.15) is 15.7 Å². The van der Waals surface area contributed by atoms with Crippen LogP contribution in [0.2, 0.25) is 0 Å². The molecule has 7 nitrogen and oxygen atoms in total. The molecule has 1 fully saturated rings. The third-order valence-corrected chi connectivity index (χ3v) is 7.90. The van der Waals surface area contributed by atoms with Crippen LogP contribution in [0.25, 0.3) is 0 Å². The van der Waals surface area contributed by atoms with Gasteiger partial charge in [-0.15, -0.1) is 13.2 Å². The molecule has 1 saturated carbocycles. The fraction of sp³-hybridized carbons (Fsp3) is 0.280. The lowest BCUT2D eigenvalue weighted by Gasteiger charge is -2.45. The van der Waals surface area contributed by atoms with E-state index in [2.05, 4.69) is 9.46 Å². The third-order valence-electron chi connectivity index (χ3n) is 6.33. The van der Waals surface area contributed by atoms with Gasteiger partial charge in [-0.3, -0.25) is 0 Å². The van der Waals surface area contributed by atoms with Gasteiger partial charge in [0.2, 0.25) is 0 Å². The fourth-order valence-corrected chi connectivity index (χ4v) is 6.11. The van der Waals surface area contributed by atoms with Gasteiger partial charge in [-0.1, -0.05) is 24.3 Å². The molecule has 1 aliphatic carbocycles. The van der Waals surface area contributed by atoms with Gasteiger partial charge in [0.25, 0.3) is 0 Å². The first-order valence-corrected chi connectivity index (χ1v) is 12.9. The van der Waals surface area contributed by atoms with E-state index in [1.54, 1.807) is 0 Å². The summed E-state index contributed by atoms with van der Waals surface area (Å²) >= 11 is 0. The summed E-state index contributed by atoms with van der Waals surface area (Å²) in [4.78, 5) is 2.02. The highest BCUT2D eigenvalue weighted by Gasteiger charge is 2.40. The number of aliphatic hydroxyl groups is 1. The molecule has 0 radical (unpaired) electrons. The second kappa shape index (κ2) is 9.30. The number of hydrogen-bond donors (Lipinski definition) is 3. The zero-order valence-electron chi connectivity index (χ0n) is 18.9. The molecule has 0 aromatic heterocycles. The van der Waals surface area contributed by atoms with Crippen LogP contribution in [0.15, 0.2) is 77.7 Å². The lowest BCUT2D eigenvalue weighted by Crippen LogP contribution is -2.55. The van der Waals surface area contributed by atoms with Crippen molar-refractivity contribution in [2.24, 2.45) is 0 Å². The van der Waals surface area contributed by atoms with Crippen LogP contribution in [0.4, 0.5) is 24.5 Å². The number of hydrogen-bond acceptors (Lipinski definition) is 6. The van der Waals surface area contributed by atoms with E-state index in [9.17, 15) is 22.5 Å². The third kappa shape index (κ3) is 4.86. The summed E-state index contributed by atoms with van der Waals surface area (Å²) in [5.41, 5.74) is 1.60. The van der Waals surface area contributed by atoms with E-state index in [4.69, 9.17) is 9.52 Å². The van der Waals surface area contributed by atoms with Crippen LogP contribution < -0.4 is 19.1 Å². The van der Waals surface area contributed by atoms with E-state index in [0.717, 1.165) is 35.6 Å². The van der Waals surface area contributed by atoms with Crippen molar-refractivity contribution >= 4 is 21.3 Å². The van der Waals surface area contributed by atoms with Crippen molar-refractivity contribution in [1.29, 1.82) is 4.78 Å². The van der Waals surface area contributed by atoms with E-state index in [1.165, 1.54) is 0 Å². The lowest BCUT2D eigenvalue weighted by atomic mass is 9.86. The number of anilines is 2. The van der Waals surface area contributed by atoms with Gasteiger partial charge in [0.05, 0.1) is 28.4 Å². The molecule has 5 rings (SSSR count). The second-order valence-electron chi connectivity index (χ2n) is 8.70. The Balaban J connectivity index is 1.39.